The van der Waals surface area contributed by atoms with Gasteiger partial charge in [0.15, 0.2) is 5.82 Å². The quantitative estimate of drug-likeness (QED) is 0.799. The van der Waals surface area contributed by atoms with Crippen LogP contribution in [0.4, 0.5) is 18.9 Å². The highest BCUT2D eigenvalue weighted by Gasteiger charge is 2.61. The van der Waals surface area contributed by atoms with Gasteiger partial charge in [-0.2, -0.15) is 0 Å². The third kappa shape index (κ3) is 1.57. The second-order valence-electron chi connectivity index (χ2n) is 4.83. The topological polar surface area (TPSA) is 73.6 Å². The molecule has 7 heteroatoms. The van der Waals surface area contributed by atoms with E-state index in [1.807, 2.05) is 0 Å². The highest BCUT2D eigenvalue weighted by molar-refractivity contribution is 5.74. The molecule has 0 unspecified atom stereocenters. The summed E-state index contributed by atoms with van der Waals surface area (Å²) in [5, 5.41) is 0. The van der Waals surface area contributed by atoms with Gasteiger partial charge in [-0.05, 0) is 18.6 Å². The standard InChI is InChI=1S/C12H12F3N3O/c13-4-12(5-3-8(5)19-11(17)18-12)9-6(14)1-2-7(16)10(9)15/h1-2,5,8H,3-4,16H2,(H2,17,18)/t5-,8+,12-/m1/s1. The van der Waals surface area contributed by atoms with Crippen LogP contribution < -0.4 is 11.5 Å². The summed E-state index contributed by atoms with van der Waals surface area (Å²) >= 11 is 0. The number of hydrogen-bond acceptors (Lipinski definition) is 4. The summed E-state index contributed by atoms with van der Waals surface area (Å²) in [4.78, 5) is 3.85. The largest absolute Gasteiger partial charge is 0.462 e. The maximum absolute atomic E-state index is 14.1. The second-order valence-corrected chi connectivity index (χ2v) is 4.83. The van der Waals surface area contributed by atoms with Crippen molar-refractivity contribution in [2.24, 2.45) is 16.6 Å². The molecule has 0 radical (unpaired) electrons. The highest BCUT2D eigenvalue weighted by Crippen LogP contribution is 2.54. The van der Waals surface area contributed by atoms with E-state index in [1.165, 1.54) is 0 Å². The van der Waals surface area contributed by atoms with Crippen LogP contribution in [0.15, 0.2) is 17.1 Å². The number of anilines is 1. The molecule has 102 valence electrons. The molecule has 19 heavy (non-hydrogen) atoms. The van der Waals surface area contributed by atoms with Crippen LogP contribution in [0.25, 0.3) is 0 Å². The van der Waals surface area contributed by atoms with Crippen molar-refractivity contribution in [3.05, 3.63) is 29.3 Å². The van der Waals surface area contributed by atoms with Crippen molar-refractivity contribution in [3.63, 3.8) is 0 Å². The molecule has 4 N–H and O–H groups in total. The number of nitrogen functional groups attached to an aromatic ring is 1. The fraction of sp³-hybridized carbons (Fsp3) is 0.417. The summed E-state index contributed by atoms with van der Waals surface area (Å²) in [6.07, 6.45) is 0.121. The van der Waals surface area contributed by atoms with Gasteiger partial charge in [-0.1, -0.05) is 0 Å². The van der Waals surface area contributed by atoms with Crippen molar-refractivity contribution in [1.29, 1.82) is 0 Å². The molecule has 1 aromatic rings. The van der Waals surface area contributed by atoms with E-state index < -0.39 is 35.3 Å². The van der Waals surface area contributed by atoms with E-state index in [-0.39, 0.29) is 17.8 Å². The average Bonchev–Trinajstić information content (AvgIpc) is 3.13. The average molecular weight is 271 g/mol. The summed E-state index contributed by atoms with van der Waals surface area (Å²) in [7, 11) is 0. The Hall–Kier alpha value is -1.92. The van der Waals surface area contributed by atoms with E-state index in [9.17, 15) is 13.2 Å². The van der Waals surface area contributed by atoms with Crippen LogP contribution in [-0.4, -0.2) is 18.8 Å². The molecular weight excluding hydrogens is 259 g/mol. The molecule has 2 aliphatic rings. The van der Waals surface area contributed by atoms with Gasteiger partial charge in [-0.15, -0.1) is 0 Å². The Kier molecular flexibility index (Phi) is 2.42. The fourth-order valence-electron chi connectivity index (χ4n) is 2.67. The zero-order chi connectivity index (χ0) is 13.8. The van der Waals surface area contributed by atoms with Gasteiger partial charge >= 0.3 is 0 Å². The molecule has 4 nitrogen and oxygen atoms in total. The van der Waals surface area contributed by atoms with Crippen molar-refractivity contribution in [1.82, 2.24) is 0 Å². The lowest BCUT2D eigenvalue weighted by Gasteiger charge is -2.31. The minimum absolute atomic E-state index is 0.248. The Balaban J connectivity index is 2.23. The maximum Gasteiger partial charge on any atom is 0.283 e. The highest BCUT2D eigenvalue weighted by atomic mass is 19.1. The first kappa shape index (κ1) is 12.1. The smallest absolute Gasteiger partial charge is 0.283 e. The lowest BCUT2D eigenvalue weighted by molar-refractivity contribution is 0.164. The summed E-state index contributed by atoms with van der Waals surface area (Å²) in [6.45, 7) is -1.06. The summed E-state index contributed by atoms with van der Waals surface area (Å²) < 4.78 is 46.8. The Morgan fingerprint density at radius 1 is 1.37 bits per heavy atom. The van der Waals surface area contributed by atoms with Gasteiger partial charge in [0, 0.05) is 5.92 Å². The maximum atomic E-state index is 14.1. The number of fused-ring (bicyclic) bond motifs is 1. The molecule has 1 fully saturated rings. The molecule has 0 spiro atoms. The van der Waals surface area contributed by atoms with E-state index in [4.69, 9.17) is 16.2 Å². The first-order valence-electron chi connectivity index (χ1n) is 5.81. The molecule has 1 aliphatic carbocycles. The van der Waals surface area contributed by atoms with E-state index in [0.29, 0.717) is 6.42 Å². The van der Waals surface area contributed by atoms with Crippen molar-refractivity contribution in [2.75, 3.05) is 12.4 Å². The summed E-state index contributed by atoms with van der Waals surface area (Å²) in [5.41, 5.74) is 8.51. The van der Waals surface area contributed by atoms with Crippen LogP contribution in [0.2, 0.25) is 0 Å². The van der Waals surface area contributed by atoms with Gasteiger partial charge in [-0.25, -0.2) is 18.2 Å². The zero-order valence-corrected chi connectivity index (χ0v) is 9.87. The predicted octanol–water partition coefficient (Wildman–Crippen LogP) is 1.45. The molecule has 3 rings (SSSR count). The first-order valence-corrected chi connectivity index (χ1v) is 5.81. The monoisotopic (exact) mass is 271 g/mol. The van der Waals surface area contributed by atoms with Crippen LogP contribution in [-0.2, 0) is 10.3 Å². The third-order valence-electron chi connectivity index (χ3n) is 3.68. The van der Waals surface area contributed by atoms with Gasteiger partial charge in [0.1, 0.15) is 24.1 Å². The number of ether oxygens (including phenoxy) is 1. The Morgan fingerprint density at radius 2 is 2.11 bits per heavy atom. The number of rotatable bonds is 2. The number of nitrogens with two attached hydrogens (primary N) is 2. The molecule has 1 heterocycles. The molecule has 0 saturated heterocycles. The molecule has 1 aliphatic heterocycles. The molecule has 3 atom stereocenters. The number of nitrogens with zero attached hydrogens (tertiary/aromatic N) is 1. The van der Waals surface area contributed by atoms with Gasteiger partial charge in [-0.3, -0.25) is 0 Å². The zero-order valence-electron chi connectivity index (χ0n) is 9.87. The molecular formula is C12H12F3N3O. The normalized spacial score (nSPS) is 32.3. The van der Waals surface area contributed by atoms with E-state index in [0.717, 1.165) is 12.1 Å². The number of amidine groups is 1. The van der Waals surface area contributed by atoms with E-state index >= 15 is 0 Å². The Morgan fingerprint density at radius 3 is 2.79 bits per heavy atom. The Labute approximate surface area is 107 Å². The van der Waals surface area contributed by atoms with Crippen molar-refractivity contribution < 1.29 is 17.9 Å². The second kappa shape index (κ2) is 3.79. The van der Waals surface area contributed by atoms with Gasteiger partial charge in [0.2, 0.25) is 0 Å². The summed E-state index contributed by atoms with van der Waals surface area (Å²) in [5.74, 6) is -2.29. The number of hydrogen-bond donors (Lipinski definition) is 2. The predicted molar refractivity (Wildman–Crippen MR) is 63.0 cm³/mol. The minimum atomic E-state index is -1.67. The number of benzene rings is 1. The SMILES string of the molecule is NC1=N[C@@](CF)(c2c(F)ccc(N)c2F)[C@@H]2C[C@@H]2O1. The van der Waals surface area contributed by atoms with Crippen molar-refractivity contribution in [3.8, 4) is 0 Å². The Bertz CT molecular complexity index is 578. The number of aliphatic imine (C=N–C) groups is 1. The third-order valence-corrected chi connectivity index (χ3v) is 3.68. The van der Waals surface area contributed by atoms with Gasteiger partial charge < -0.3 is 16.2 Å². The van der Waals surface area contributed by atoms with Gasteiger partial charge in [0.05, 0.1) is 11.3 Å². The molecule has 0 bridgehead atoms. The van der Waals surface area contributed by atoms with Crippen LogP contribution in [0, 0.1) is 17.6 Å². The summed E-state index contributed by atoms with van der Waals surface area (Å²) in [6, 6.07) is 1.85. The first-order chi connectivity index (χ1) is 8.99. The van der Waals surface area contributed by atoms with Crippen LogP contribution in [0.1, 0.15) is 12.0 Å². The fourth-order valence-corrected chi connectivity index (χ4v) is 2.67. The van der Waals surface area contributed by atoms with Crippen LogP contribution in [0.3, 0.4) is 0 Å². The van der Waals surface area contributed by atoms with Gasteiger partial charge in [0.25, 0.3) is 6.02 Å². The number of alkyl halides is 1. The molecule has 0 amide bonds. The van der Waals surface area contributed by atoms with E-state index in [1.54, 1.807) is 0 Å². The van der Waals surface area contributed by atoms with Crippen LogP contribution >= 0.6 is 0 Å². The van der Waals surface area contributed by atoms with Crippen molar-refractivity contribution >= 4 is 11.7 Å². The minimum Gasteiger partial charge on any atom is -0.462 e. The number of halogens is 3. The van der Waals surface area contributed by atoms with Crippen LogP contribution in [0.5, 0.6) is 0 Å². The van der Waals surface area contributed by atoms with E-state index in [2.05, 4.69) is 4.99 Å². The molecule has 1 saturated carbocycles. The molecule has 0 aromatic heterocycles. The van der Waals surface area contributed by atoms with Crippen molar-refractivity contribution in [2.45, 2.75) is 18.1 Å². The lowest BCUT2D eigenvalue weighted by atomic mass is 9.85. The molecule has 1 aromatic carbocycles. The lowest BCUT2D eigenvalue weighted by Crippen LogP contribution is -2.40.